The van der Waals surface area contributed by atoms with Crippen LogP contribution in [0.1, 0.15) is 72.1 Å². The van der Waals surface area contributed by atoms with Crippen LogP contribution in [0, 0.1) is 0 Å². The summed E-state index contributed by atoms with van der Waals surface area (Å²) in [7, 11) is 0. The smallest absolute Gasteiger partial charge is 0.411 e. The van der Waals surface area contributed by atoms with E-state index in [0.29, 0.717) is 5.82 Å². The molecule has 4 aromatic rings. The first kappa shape index (κ1) is 26.1. The van der Waals surface area contributed by atoms with E-state index in [9.17, 15) is 4.79 Å². The molecule has 0 radical (unpaired) electrons. The van der Waals surface area contributed by atoms with Crippen molar-refractivity contribution in [1.82, 2.24) is 29.8 Å². The Morgan fingerprint density at radius 3 is 2.55 bits per heavy atom. The summed E-state index contributed by atoms with van der Waals surface area (Å²) in [5.41, 5.74) is 4.03. The van der Waals surface area contributed by atoms with Crippen LogP contribution in [-0.2, 0) is 10.2 Å². The third kappa shape index (κ3) is 5.10. The molecule has 3 aromatic heterocycles. The van der Waals surface area contributed by atoms with E-state index >= 15 is 0 Å². The first-order valence-electron chi connectivity index (χ1n) is 13.4. The highest BCUT2D eigenvalue weighted by molar-refractivity contribution is 5.84. The molecule has 1 amide bonds. The summed E-state index contributed by atoms with van der Waals surface area (Å²) in [6.45, 7) is 16.0. The van der Waals surface area contributed by atoms with Crippen LogP contribution in [0.2, 0.25) is 0 Å². The van der Waals surface area contributed by atoms with Gasteiger partial charge in [0.1, 0.15) is 11.3 Å². The molecule has 0 bridgehead atoms. The predicted octanol–water partition coefficient (Wildman–Crippen LogP) is 5.90. The van der Waals surface area contributed by atoms with E-state index in [2.05, 4.69) is 67.5 Å². The Hall–Kier alpha value is -3.52. The van der Waals surface area contributed by atoms with Crippen molar-refractivity contribution in [2.24, 2.45) is 0 Å². The SMILES string of the molecule is CC(c1ccc2nnc(-c3ccc4cccc(C(C)(C)C)c4n3)n2c1)N(C(=O)OC(C)(C)C)[C@H]1CCNC1. The lowest BCUT2D eigenvalue weighted by atomic mass is 9.85. The molecular weight excluding hydrogens is 476 g/mol. The second-order valence-electron chi connectivity index (χ2n) is 12.2. The number of aromatic nitrogens is 4. The monoisotopic (exact) mass is 514 g/mol. The van der Waals surface area contributed by atoms with Crippen LogP contribution < -0.4 is 5.32 Å². The lowest BCUT2D eigenvalue weighted by Crippen LogP contribution is -2.45. The summed E-state index contributed by atoms with van der Waals surface area (Å²) < 4.78 is 7.79. The number of carbonyl (C=O) groups excluding carboxylic acids is 1. The lowest BCUT2D eigenvalue weighted by molar-refractivity contribution is 0.00828. The Kier molecular flexibility index (Phi) is 6.63. The molecule has 0 saturated carbocycles. The van der Waals surface area contributed by atoms with E-state index in [1.807, 2.05) is 54.5 Å². The van der Waals surface area contributed by atoms with Crippen LogP contribution in [0.15, 0.2) is 48.7 Å². The van der Waals surface area contributed by atoms with E-state index in [0.717, 1.165) is 47.3 Å². The molecule has 2 atom stereocenters. The second kappa shape index (κ2) is 9.66. The average molecular weight is 515 g/mol. The highest BCUT2D eigenvalue weighted by Gasteiger charge is 2.34. The number of ether oxygens (including phenoxy) is 1. The van der Waals surface area contributed by atoms with Crippen LogP contribution in [0.4, 0.5) is 4.79 Å². The van der Waals surface area contributed by atoms with Crippen molar-refractivity contribution in [1.29, 1.82) is 0 Å². The molecule has 1 fully saturated rings. The van der Waals surface area contributed by atoms with Crippen LogP contribution in [-0.4, -0.2) is 55.3 Å². The number of benzene rings is 1. The quantitative estimate of drug-likeness (QED) is 0.365. The Morgan fingerprint density at radius 1 is 1.08 bits per heavy atom. The minimum atomic E-state index is -0.569. The minimum Gasteiger partial charge on any atom is -0.444 e. The fourth-order valence-corrected chi connectivity index (χ4v) is 5.18. The molecule has 200 valence electrons. The van der Waals surface area contributed by atoms with E-state index in [4.69, 9.17) is 9.72 Å². The molecule has 4 heterocycles. The number of fused-ring (bicyclic) bond motifs is 2. The number of pyridine rings is 2. The summed E-state index contributed by atoms with van der Waals surface area (Å²) in [6, 6.07) is 14.2. The topological polar surface area (TPSA) is 84.7 Å². The standard InChI is InChI=1S/C30H38N6O2/c1-19(36(22-15-16-31-17-22)28(37)38-30(5,6)7)21-12-14-25-33-34-27(35(25)18-21)24-13-11-20-9-8-10-23(26(20)32-24)29(2,3)4/h8-14,18-19,22,31H,15-17H2,1-7H3/t19?,22-/m0/s1. The van der Waals surface area contributed by atoms with Crippen LogP contribution in [0.25, 0.3) is 28.1 Å². The molecule has 1 saturated heterocycles. The maximum absolute atomic E-state index is 13.3. The molecule has 38 heavy (non-hydrogen) atoms. The van der Waals surface area contributed by atoms with Gasteiger partial charge in [-0.15, -0.1) is 10.2 Å². The van der Waals surface area contributed by atoms with Crippen molar-refractivity contribution >= 4 is 22.6 Å². The van der Waals surface area contributed by atoms with Gasteiger partial charge < -0.3 is 10.1 Å². The maximum Gasteiger partial charge on any atom is 0.411 e. The molecule has 1 N–H and O–H groups in total. The third-order valence-corrected chi connectivity index (χ3v) is 7.11. The van der Waals surface area contributed by atoms with E-state index in [1.54, 1.807) is 0 Å². The summed E-state index contributed by atoms with van der Waals surface area (Å²) in [5.74, 6) is 0.672. The summed E-state index contributed by atoms with van der Waals surface area (Å²) >= 11 is 0. The van der Waals surface area contributed by atoms with Gasteiger partial charge in [0.2, 0.25) is 0 Å². The van der Waals surface area contributed by atoms with Gasteiger partial charge in [0.15, 0.2) is 11.5 Å². The van der Waals surface area contributed by atoms with Crippen molar-refractivity contribution in [3.8, 4) is 11.5 Å². The Labute approximate surface area is 224 Å². The van der Waals surface area contributed by atoms with E-state index < -0.39 is 5.60 Å². The number of hydrogen-bond donors (Lipinski definition) is 1. The fraction of sp³-hybridized carbons (Fsp3) is 0.467. The number of amides is 1. The van der Waals surface area contributed by atoms with Gasteiger partial charge in [-0.25, -0.2) is 9.78 Å². The molecule has 1 unspecified atom stereocenters. The molecule has 8 nitrogen and oxygen atoms in total. The molecule has 1 aromatic carbocycles. The highest BCUT2D eigenvalue weighted by Crippen LogP contribution is 2.32. The van der Waals surface area contributed by atoms with Crippen molar-refractivity contribution in [3.63, 3.8) is 0 Å². The normalized spacial score (nSPS) is 17.2. The van der Waals surface area contributed by atoms with Gasteiger partial charge in [-0.1, -0.05) is 51.1 Å². The Bertz CT molecular complexity index is 1470. The summed E-state index contributed by atoms with van der Waals surface area (Å²) in [4.78, 5) is 20.3. The minimum absolute atomic E-state index is 0.0408. The van der Waals surface area contributed by atoms with Crippen LogP contribution in [0.5, 0.6) is 0 Å². The largest absolute Gasteiger partial charge is 0.444 e. The molecule has 1 aliphatic rings. The van der Waals surface area contributed by atoms with Crippen LogP contribution >= 0.6 is 0 Å². The van der Waals surface area contributed by atoms with Gasteiger partial charge in [-0.2, -0.15) is 0 Å². The number of hydrogen-bond acceptors (Lipinski definition) is 6. The van der Waals surface area contributed by atoms with Crippen molar-refractivity contribution < 1.29 is 9.53 Å². The van der Waals surface area contributed by atoms with Gasteiger partial charge in [-0.05, 0) is 69.3 Å². The zero-order valence-electron chi connectivity index (χ0n) is 23.4. The summed E-state index contributed by atoms with van der Waals surface area (Å²) in [5, 5.41) is 13.4. The van der Waals surface area contributed by atoms with Gasteiger partial charge in [0.05, 0.1) is 11.6 Å². The Balaban J connectivity index is 1.56. The van der Waals surface area contributed by atoms with Gasteiger partial charge >= 0.3 is 6.09 Å². The maximum atomic E-state index is 13.3. The number of nitrogens with zero attached hydrogens (tertiary/aromatic N) is 5. The predicted molar refractivity (Wildman–Crippen MR) is 150 cm³/mol. The lowest BCUT2D eigenvalue weighted by Gasteiger charge is -2.36. The zero-order chi connectivity index (χ0) is 27.2. The zero-order valence-corrected chi connectivity index (χ0v) is 23.4. The van der Waals surface area contributed by atoms with Gasteiger partial charge in [0.25, 0.3) is 0 Å². The molecule has 1 aliphatic heterocycles. The number of carbonyl (C=O) groups is 1. The van der Waals surface area contributed by atoms with E-state index in [1.165, 1.54) is 5.56 Å². The second-order valence-corrected chi connectivity index (χ2v) is 12.2. The van der Waals surface area contributed by atoms with E-state index in [-0.39, 0.29) is 23.6 Å². The van der Waals surface area contributed by atoms with Crippen molar-refractivity contribution in [2.45, 2.75) is 78.0 Å². The molecule has 5 rings (SSSR count). The fourth-order valence-electron chi connectivity index (χ4n) is 5.18. The molecule has 0 spiro atoms. The number of rotatable bonds is 4. The molecule has 8 heteroatoms. The summed E-state index contributed by atoms with van der Waals surface area (Å²) in [6.07, 6.45) is 2.62. The van der Waals surface area contributed by atoms with Gasteiger partial charge in [-0.3, -0.25) is 9.30 Å². The Morgan fingerprint density at radius 2 is 1.87 bits per heavy atom. The first-order chi connectivity index (χ1) is 17.9. The van der Waals surface area contributed by atoms with Gasteiger partial charge in [0, 0.05) is 24.2 Å². The van der Waals surface area contributed by atoms with Crippen LogP contribution in [0.3, 0.4) is 0 Å². The molecular formula is C30H38N6O2. The highest BCUT2D eigenvalue weighted by atomic mass is 16.6. The van der Waals surface area contributed by atoms with Crippen molar-refractivity contribution in [2.75, 3.05) is 13.1 Å². The number of nitrogens with one attached hydrogen (secondary N) is 1. The molecule has 0 aliphatic carbocycles. The average Bonchev–Trinajstić information content (AvgIpc) is 3.51. The number of para-hydroxylation sites is 1. The first-order valence-corrected chi connectivity index (χ1v) is 13.4. The van der Waals surface area contributed by atoms with Crippen molar-refractivity contribution in [3.05, 3.63) is 59.8 Å². The third-order valence-electron chi connectivity index (χ3n) is 7.11.